The molecule has 0 aliphatic carbocycles. The Morgan fingerprint density at radius 1 is 0.950 bits per heavy atom. The molecule has 0 aliphatic rings. The van der Waals surface area contributed by atoms with Gasteiger partial charge in [0.25, 0.3) is 5.91 Å². The molecule has 0 radical (unpaired) electrons. The van der Waals surface area contributed by atoms with Gasteiger partial charge >= 0.3 is 0 Å². The highest BCUT2D eigenvalue weighted by Gasteiger charge is 2.60. The van der Waals surface area contributed by atoms with Gasteiger partial charge in [-0.05, 0) is 34.6 Å². The Bertz CT molecular complexity index is 398. The second-order valence-electron chi connectivity index (χ2n) is 6.21. The minimum absolute atomic E-state index is 0.748. The summed E-state index contributed by atoms with van der Waals surface area (Å²) in [5.74, 6) is -1.67. The predicted octanol–water partition coefficient (Wildman–Crippen LogP) is -1.28. The number of Topliss-reactive ketones (excluding diaryl/α,β-unsaturated/α-hetero) is 1. The molecule has 0 aromatic rings. The maximum atomic E-state index is 11.5. The van der Waals surface area contributed by atoms with Crippen LogP contribution in [0.15, 0.2) is 0 Å². The molecule has 0 saturated carbocycles. The van der Waals surface area contributed by atoms with Gasteiger partial charge in [-0.3, -0.25) is 9.59 Å². The van der Waals surface area contributed by atoms with Crippen molar-refractivity contribution >= 4 is 11.7 Å². The lowest BCUT2D eigenvalue weighted by atomic mass is 9.65. The largest absolute Gasteiger partial charge is 0.393 e. The van der Waals surface area contributed by atoms with Gasteiger partial charge in [-0.2, -0.15) is 0 Å². The fraction of sp³-hybridized carbons (Fsp3) is 0.846. The van der Waals surface area contributed by atoms with Gasteiger partial charge in [-0.25, -0.2) is 0 Å². The average Bonchev–Trinajstić information content (AvgIpc) is 2.27. The fourth-order valence-corrected chi connectivity index (χ4v) is 1.78. The molecule has 0 heterocycles. The van der Waals surface area contributed by atoms with Crippen LogP contribution < -0.4 is 5.32 Å². The Kier molecular flexibility index (Phi) is 5.13. The fourth-order valence-electron chi connectivity index (χ4n) is 1.78. The Hall–Kier alpha value is -1.02. The lowest BCUT2D eigenvalue weighted by molar-refractivity contribution is -0.255. The zero-order chi connectivity index (χ0) is 16.6. The van der Waals surface area contributed by atoms with E-state index in [9.17, 15) is 24.9 Å². The average molecular weight is 291 g/mol. The summed E-state index contributed by atoms with van der Waals surface area (Å²) >= 11 is 0. The summed E-state index contributed by atoms with van der Waals surface area (Å²) in [5.41, 5.74) is -7.67. The van der Waals surface area contributed by atoms with Crippen molar-refractivity contribution in [3.05, 3.63) is 0 Å². The van der Waals surface area contributed by atoms with Crippen LogP contribution in [0, 0.1) is 0 Å². The lowest BCUT2D eigenvalue weighted by Crippen LogP contribution is -2.75. The van der Waals surface area contributed by atoms with Gasteiger partial charge in [0.05, 0.1) is 12.1 Å². The highest BCUT2D eigenvalue weighted by molar-refractivity contribution is 6.35. The molecule has 5 N–H and O–H groups in total. The number of rotatable bonds is 6. The SMILES string of the molecule is CC(=O)C(=O)NC(C)(C)C(C)(O)C(C)(O)C(C)(O)CO. The van der Waals surface area contributed by atoms with Gasteiger partial charge in [-0.15, -0.1) is 0 Å². The minimum atomic E-state index is -2.16. The summed E-state index contributed by atoms with van der Waals surface area (Å²) in [5, 5.41) is 42.6. The predicted molar refractivity (Wildman–Crippen MR) is 71.9 cm³/mol. The summed E-state index contributed by atoms with van der Waals surface area (Å²) in [7, 11) is 0. The molecule has 1 amide bonds. The van der Waals surface area contributed by atoms with Gasteiger partial charge in [-0.1, -0.05) is 0 Å². The number of aliphatic hydroxyl groups excluding tert-OH is 1. The maximum absolute atomic E-state index is 11.5. The quantitative estimate of drug-likeness (QED) is 0.388. The number of carbonyl (C=O) groups is 2. The topological polar surface area (TPSA) is 127 Å². The Morgan fingerprint density at radius 2 is 1.35 bits per heavy atom. The molecule has 0 aliphatic heterocycles. The van der Waals surface area contributed by atoms with E-state index in [4.69, 9.17) is 5.11 Å². The third-order valence-corrected chi connectivity index (χ3v) is 4.27. The number of hydrogen-bond donors (Lipinski definition) is 5. The molecule has 118 valence electrons. The molecule has 0 bridgehead atoms. The summed E-state index contributed by atoms with van der Waals surface area (Å²) in [6.45, 7) is 6.58. The molecule has 0 rings (SSSR count). The van der Waals surface area contributed by atoms with E-state index in [2.05, 4.69) is 5.32 Å². The Morgan fingerprint density at radius 3 is 1.65 bits per heavy atom. The summed E-state index contributed by atoms with van der Waals surface area (Å²) in [6, 6.07) is 0. The summed E-state index contributed by atoms with van der Waals surface area (Å²) < 4.78 is 0. The Labute approximate surface area is 118 Å². The minimum Gasteiger partial charge on any atom is -0.393 e. The van der Waals surface area contributed by atoms with E-state index in [1.165, 1.54) is 20.8 Å². The zero-order valence-electron chi connectivity index (χ0n) is 12.8. The van der Waals surface area contributed by atoms with Gasteiger partial charge in [0.2, 0.25) is 5.78 Å². The van der Waals surface area contributed by atoms with E-state index in [0.717, 1.165) is 20.8 Å². The van der Waals surface area contributed by atoms with Crippen LogP contribution in [0.4, 0.5) is 0 Å². The Balaban J connectivity index is 5.60. The van der Waals surface area contributed by atoms with Crippen molar-refractivity contribution in [1.29, 1.82) is 0 Å². The van der Waals surface area contributed by atoms with Crippen molar-refractivity contribution in [1.82, 2.24) is 5.32 Å². The molecule has 0 fully saturated rings. The number of hydrogen-bond acceptors (Lipinski definition) is 6. The van der Waals surface area contributed by atoms with Crippen LogP contribution in [-0.4, -0.2) is 61.1 Å². The first-order valence-electron chi connectivity index (χ1n) is 6.25. The second-order valence-corrected chi connectivity index (χ2v) is 6.21. The van der Waals surface area contributed by atoms with Crippen molar-refractivity contribution in [2.24, 2.45) is 0 Å². The van der Waals surface area contributed by atoms with E-state index in [-0.39, 0.29) is 0 Å². The third kappa shape index (κ3) is 3.01. The van der Waals surface area contributed by atoms with Crippen LogP contribution in [0.5, 0.6) is 0 Å². The van der Waals surface area contributed by atoms with Crippen molar-refractivity contribution in [3.8, 4) is 0 Å². The first kappa shape index (κ1) is 19.0. The lowest BCUT2D eigenvalue weighted by Gasteiger charge is -2.53. The number of aliphatic hydroxyl groups is 4. The monoisotopic (exact) mass is 291 g/mol. The molecule has 7 nitrogen and oxygen atoms in total. The van der Waals surface area contributed by atoms with Crippen LogP contribution >= 0.6 is 0 Å². The third-order valence-electron chi connectivity index (χ3n) is 4.27. The summed E-state index contributed by atoms with van der Waals surface area (Å²) in [4.78, 5) is 22.5. The van der Waals surface area contributed by atoms with Crippen molar-refractivity contribution in [2.75, 3.05) is 6.61 Å². The van der Waals surface area contributed by atoms with Gasteiger partial charge < -0.3 is 25.7 Å². The zero-order valence-corrected chi connectivity index (χ0v) is 12.8. The molecule has 20 heavy (non-hydrogen) atoms. The molecular formula is C13H25NO6. The highest BCUT2D eigenvalue weighted by Crippen LogP contribution is 2.39. The van der Waals surface area contributed by atoms with Crippen LogP contribution in [0.3, 0.4) is 0 Å². The van der Waals surface area contributed by atoms with E-state index in [0.29, 0.717) is 0 Å². The van der Waals surface area contributed by atoms with Crippen LogP contribution in [0.25, 0.3) is 0 Å². The van der Waals surface area contributed by atoms with E-state index in [1.54, 1.807) is 0 Å². The van der Waals surface area contributed by atoms with Crippen LogP contribution in [-0.2, 0) is 9.59 Å². The van der Waals surface area contributed by atoms with Gasteiger partial charge in [0.15, 0.2) is 0 Å². The maximum Gasteiger partial charge on any atom is 0.287 e. The molecule has 7 heteroatoms. The van der Waals surface area contributed by atoms with Crippen molar-refractivity contribution in [2.45, 2.75) is 63.9 Å². The highest BCUT2D eigenvalue weighted by atomic mass is 16.4. The normalized spacial score (nSPS) is 21.3. The van der Waals surface area contributed by atoms with E-state index >= 15 is 0 Å². The standard InChI is InChI=1S/C13H25NO6/c1-8(16)9(17)14-10(2,3)12(5,19)13(6,20)11(4,18)7-15/h15,18-20H,7H2,1-6H3,(H,14,17). The molecule has 0 aromatic carbocycles. The van der Waals surface area contributed by atoms with Gasteiger partial charge in [0.1, 0.15) is 16.8 Å². The molecular weight excluding hydrogens is 266 g/mol. The van der Waals surface area contributed by atoms with E-state index in [1.807, 2.05) is 0 Å². The molecule has 0 aromatic heterocycles. The summed E-state index contributed by atoms with van der Waals surface area (Å²) in [6.07, 6.45) is 0. The molecule has 3 atom stereocenters. The first-order chi connectivity index (χ1) is 8.64. The van der Waals surface area contributed by atoms with Crippen LogP contribution in [0.1, 0.15) is 41.5 Å². The van der Waals surface area contributed by atoms with Crippen molar-refractivity contribution in [3.63, 3.8) is 0 Å². The van der Waals surface area contributed by atoms with Gasteiger partial charge in [0, 0.05) is 6.92 Å². The van der Waals surface area contributed by atoms with E-state index < -0.39 is 40.6 Å². The molecule has 0 spiro atoms. The number of carbonyl (C=O) groups excluding carboxylic acids is 2. The van der Waals surface area contributed by atoms with Crippen LogP contribution in [0.2, 0.25) is 0 Å². The smallest absolute Gasteiger partial charge is 0.287 e. The molecule has 3 unspecified atom stereocenters. The first-order valence-corrected chi connectivity index (χ1v) is 6.25. The number of nitrogens with one attached hydrogen (secondary N) is 1. The molecule has 0 saturated heterocycles. The number of amides is 1. The number of ketones is 1. The van der Waals surface area contributed by atoms with Crippen molar-refractivity contribution < 1.29 is 30.0 Å². The second kappa shape index (κ2) is 5.40.